The summed E-state index contributed by atoms with van der Waals surface area (Å²) in [5.74, 6) is 0.0992. The second kappa shape index (κ2) is 6.37. The molecule has 1 heterocycles. The Hall–Kier alpha value is -1.18. The zero-order valence-corrected chi connectivity index (χ0v) is 15.6. The maximum absolute atomic E-state index is 12.5. The summed E-state index contributed by atoms with van der Waals surface area (Å²) in [4.78, 5) is 8.67. The maximum Gasteiger partial charge on any atom is 0.265 e. The molecule has 5 nitrogen and oxygen atoms in total. The molecule has 0 aliphatic heterocycles. The highest BCUT2D eigenvalue weighted by atomic mass is 79.9. The first-order valence-electron chi connectivity index (χ1n) is 7.21. The van der Waals surface area contributed by atoms with Gasteiger partial charge >= 0.3 is 0 Å². The van der Waals surface area contributed by atoms with Gasteiger partial charge in [0.15, 0.2) is 0 Å². The normalized spacial score (nSPS) is 14.4. The van der Waals surface area contributed by atoms with Crippen LogP contribution in [-0.2, 0) is 22.9 Å². The zero-order valence-electron chi connectivity index (χ0n) is 12.4. The number of anilines is 1. The zero-order chi connectivity index (χ0) is 16.6. The predicted molar refractivity (Wildman–Crippen MR) is 93.4 cm³/mol. The highest BCUT2D eigenvalue weighted by Gasteiger charge is 2.22. The minimum absolute atomic E-state index is 0.00124. The maximum atomic E-state index is 12.5. The van der Waals surface area contributed by atoms with Gasteiger partial charge in [-0.25, -0.2) is 23.1 Å². The van der Waals surface area contributed by atoms with E-state index in [1.807, 2.05) is 6.92 Å². The van der Waals surface area contributed by atoms with Crippen LogP contribution >= 0.6 is 27.5 Å². The van der Waals surface area contributed by atoms with E-state index in [9.17, 15) is 8.42 Å². The van der Waals surface area contributed by atoms with Crippen molar-refractivity contribution in [2.75, 3.05) is 4.72 Å². The Kier molecular flexibility index (Phi) is 4.62. The average molecular weight is 417 g/mol. The molecule has 0 amide bonds. The fourth-order valence-electron chi connectivity index (χ4n) is 2.70. The molecule has 1 aromatic carbocycles. The van der Waals surface area contributed by atoms with Crippen molar-refractivity contribution in [1.29, 1.82) is 0 Å². The lowest BCUT2D eigenvalue weighted by atomic mass is 9.95. The molecule has 0 bridgehead atoms. The topological polar surface area (TPSA) is 72.0 Å². The van der Waals surface area contributed by atoms with E-state index in [4.69, 9.17) is 11.6 Å². The minimum Gasteiger partial charge on any atom is -0.247 e. The molecule has 3 rings (SSSR count). The molecule has 0 fully saturated rings. The lowest BCUT2D eigenvalue weighted by Crippen LogP contribution is -2.18. The molecule has 1 aliphatic carbocycles. The average Bonchev–Trinajstić information content (AvgIpc) is 2.46. The van der Waals surface area contributed by atoms with Crippen molar-refractivity contribution in [2.24, 2.45) is 0 Å². The van der Waals surface area contributed by atoms with Gasteiger partial charge in [0.2, 0.25) is 5.95 Å². The van der Waals surface area contributed by atoms with Crippen molar-refractivity contribution in [3.05, 3.63) is 44.6 Å². The van der Waals surface area contributed by atoms with Crippen molar-refractivity contribution >= 4 is 43.5 Å². The Bertz CT molecular complexity index is 871. The van der Waals surface area contributed by atoms with Crippen LogP contribution in [0.4, 0.5) is 5.95 Å². The Balaban J connectivity index is 1.96. The van der Waals surface area contributed by atoms with Gasteiger partial charge < -0.3 is 0 Å². The third kappa shape index (κ3) is 3.51. The lowest BCUT2D eigenvalue weighted by Gasteiger charge is -2.18. The fourth-order valence-corrected chi connectivity index (χ4v) is 4.68. The summed E-state index contributed by atoms with van der Waals surface area (Å²) < 4.78 is 28.2. The summed E-state index contributed by atoms with van der Waals surface area (Å²) in [5.41, 5.74) is 2.90. The predicted octanol–water partition coefficient (Wildman–Crippen LogP) is 3.88. The quantitative estimate of drug-likeness (QED) is 0.824. The van der Waals surface area contributed by atoms with E-state index in [1.165, 1.54) is 12.1 Å². The van der Waals surface area contributed by atoms with Gasteiger partial charge in [-0.15, -0.1) is 0 Å². The van der Waals surface area contributed by atoms with E-state index >= 15 is 0 Å². The molecule has 0 saturated carbocycles. The summed E-state index contributed by atoms with van der Waals surface area (Å²) in [6.45, 7) is 1.89. The van der Waals surface area contributed by atoms with Crippen LogP contribution in [-0.4, -0.2) is 18.4 Å². The first kappa shape index (κ1) is 16.7. The largest absolute Gasteiger partial charge is 0.265 e. The summed E-state index contributed by atoms with van der Waals surface area (Å²) in [7, 11) is -3.83. The summed E-state index contributed by atoms with van der Waals surface area (Å²) in [6.07, 6.45) is 3.99. The number of aryl methyl sites for hydroxylation is 2. The van der Waals surface area contributed by atoms with Crippen molar-refractivity contribution in [1.82, 2.24) is 9.97 Å². The van der Waals surface area contributed by atoms with E-state index < -0.39 is 10.0 Å². The Morgan fingerprint density at radius 2 is 1.96 bits per heavy atom. The number of aromatic nitrogens is 2. The molecule has 1 N–H and O–H groups in total. The molecule has 122 valence electrons. The molecular weight excluding hydrogens is 402 g/mol. The number of fused-ring (bicyclic) bond motifs is 1. The van der Waals surface area contributed by atoms with Gasteiger partial charge in [-0.05, 0) is 56.4 Å². The third-order valence-corrected chi connectivity index (χ3v) is 6.10. The van der Waals surface area contributed by atoms with Gasteiger partial charge in [0.05, 0.1) is 5.02 Å². The van der Waals surface area contributed by atoms with Crippen LogP contribution in [0.25, 0.3) is 0 Å². The van der Waals surface area contributed by atoms with E-state index in [0.717, 1.165) is 42.6 Å². The number of hydrogen-bond donors (Lipinski definition) is 1. The first-order valence-corrected chi connectivity index (χ1v) is 9.86. The van der Waals surface area contributed by atoms with E-state index in [2.05, 4.69) is 30.6 Å². The van der Waals surface area contributed by atoms with Crippen molar-refractivity contribution in [2.45, 2.75) is 37.5 Å². The number of nitrogens with one attached hydrogen (secondary N) is 1. The molecule has 1 aliphatic rings. The molecular formula is C15H15BrClN3O2S. The number of rotatable bonds is 3. The van der Waals surface area contributed by atoms with E-state index in [0.29, 0.717) is 4.47 Å². The van der Waals surface area contributed by atoms with Crippen molar-refractivity contribution in [3.8, 4) is 0 Å². The molecule has 8 heteroatoms. The van der Waals surface area contributed by atoms with Crippen molar-refractivity contribution < 1.29 is 8.42 Å². The standard InChI is InChI=1S/C15H15BrClN3O2S/c1-9-11-4-2-3-5-13(11)19-15(18-9)20-23(21,22)14-7-6-10(16)8-12(14)17/h6-8H,2-5H2,1H3,(H,18,19,20). The van der Waals surface area contributed by atoms with Crippen LogP contribution in [0.2, 0.25) is 5.02 Å². The monoisotopic (exact) mass is 415 g/mol. The number of benzene rings is 1. The number of nitrogens with zero attached hydrogens (tertiary/aromatic N) is 2. The van der Waals surface area contributed by atoms with Gasteiger partial charge in [-0.3, -0.25) is 0 Å². The molecule has 2 aromatic rings. The van der Waals surface area contributed by atoms with Crippen LogP contribution in [0.1, 0.15) is 29.8 Å². The highest BCUT2D eigenvalue weighted by molar-refractivity contribution is 9.10. The Labute approximate surface area is 148 Å². The molecule has 0 spiro atoms. The van der Waals surface area contributed by atoms with Crippen molar-refractivity contribution in [3.63, 3.8) is 0 Å². The van der Waals surface area contributed by atoms with Gasteiger partial charge in [0.25, 0.3) is 10.0 Å². The van der Waals surface area contributed by atoms with Gasteiger partial charge in [0, 0.05) is 15.9 Å². The van der Waals surface area contributed by atoms with Gasteiger partial charge in [-0.1, -0.05) is 27.5 Å². The second-order valence-corrected chi connectivity index (χ2v) is 8.42. The number of halogens is 2. The van der Waals surface area contributed by atoms with E-state index in [-0.39, 0.29) is 15.9 Å². The van der Waals surface area contributed by atoms with Crippen LogP contribution < -0.4 is 4.72 Å². The summed E-state index contributed by atoms with van der Waals surface area (Å²) >= 11 is 9.29. The molecule has 0 atom stereocenters. The first-order chi connectivity index (χ1) is 10.9. The lowest BCUT2D eigenvalue weighted by molar-refractivity contribution is 0.600. The highest BCUT2D eigenvalue weighted by Crippen LogP contribution is 2.27. The summed E-state index contributed by atoms with van der Waals surface area (Å²) in [6, 6.07) is 4.61. The summed E-state index contributed by atoms with van der Waals surface area (Å²) in [5, 5.41) is 0.140. The van der Waals surface area contributed by atoms with E-state index in [1.54, 1.807) is 6.07 Å². The molecule has 0 saturated heterocycles. The van der Waals surface area contributed by atoms with Crippen LogP contribution in [0.15, 0.2) is 27.6 Å². The van der Waals surface area contributed by atoms with Gasteiger partial charge in [-0.2, -0.15) is 0 Å². The SMILES string of the molecule is Cc1nc(NS(=O)(=O)c2ccc(Br)cc2Cl)nc2c1CCCC2. The molecule has 23 heavy (non-hydrogen) atoms. The number of hydrogen-bond acceptors (Lipinski definition) is 4. The Morgan fingerprint density at radius 3 is 2.70 bits per heavy atom. The van der Waals surface area contributed by atoms with Crippen LogP contribution in [0.5, 0.6) is 0 Å². The van der Waals surface area contributed by atoms with Gasteiger partial charge in [0.1, 0.15) is 4.90 Å². The smallest absolute Gasteiger partial charge is 0.247 e. The Morgan fingerprint density at radius 1 is 1.22 bits per heavy atom. The molecule has 0 unspecified atom stereocenters. The van der Waals surface area contributed by atoms with Crippen LogP contribution in [0.3, 0.4) is 0 Å². The van der Waals surface area contributed by atoms with Crippen LogP contribution in [0, 0.1) is 6.92 Å². The number of sulfonamides is 1. The fraction of sp³-hybridized carbons (Fsp3) is 0.333. The second-order valence-electron chi connectivity index (χ2n) is 5.45. The molecule has 0 radical (unpaired) electrons. The molecule has 1 aromatic heterocycles. The third-order valence-electron chi connectivity index (χ3n) is 3.80. The minimum atomic E-state index is -3.83.